The summed E-state index contributed by atoms with van der Waals surface area (Å²) in [4.78, 5) is 0. The molecule has 0 amide bonds. The van der Waals surface area contributed by atoms with Crippen LogP contribution in [0, 0.1) is 17.8 Å². The fraction of sp³-hybridized carbons (Fsp3) is 1.00. The SMILES string of the molecule is CCCCC(CCC)C1CCC(C)C1. The van der Waals surface area contributed by atoms with Gasteiger partial charge in [0.1, 0.15) is 0 Å². The van der Waals surface area contributed by atoms with Gasteiger partial charge in [-0.1, -0.05) is 59.3 Å². The van der Waals surface area contributed by atoms with Crippen molar-refractivity contribution in [3.8, 4) is 0 Å². The molecule has 0 aromatic heterocycles. The Hall–Kier alpha value is 0. The maximum absolute atomic E-state index is 2.43. The third-order valence-electron chi connectivity index (χ3n) is 3.99. The average Bonchev–Trinajstić information content (AvgIpc) is 2.59. The molecule has 0 heterocycles. The Morgan fingerprint density at radius 1 is 1.07 bits per heavy atom. The molecular formula is C14H28. The van der Waals surface area contributed by atoms with Crippen molar-refractivity contribution in [3.63, 3.8) is 0 Å². The molecule has 0 bridgehead atoms. The predicted octanol–water partition coefficient (Wildman–Crippen LogP) is 5.03. The van der Waals surface area contributed by atoms with Crippen LogP contribution in [0.25, 0.3) is 0 Å². The van der Waals surface area contributed by atoms with Gasteiger partial charge in [0.05, 0.1) is 0 Å². The predicted molar refractivity (Wildman–Crippen MR) is 64.4 cm³/mol. The molecule has 0 spiro atoms. The Morgan fingerprint density at radius 2 is 1.86 bits per heavy atom. The minimum absolute atomic E-state index is 1.01. The summed E-state index contributed by atoms with van der Waals surface area (Å²) in [5.74, 6) is 3.15. The summed E-state index contributed by atoms with van der Waals surface area (Å²) in [6, 6.07) is 0. The molecule has 1 fully saturated rings. The van der Waals surface area contributed by atoms with Gasteiger partial charge < -0.3 is 0 Å². The van der Waals surface area contributed by atoms with E-state index in [0.29, 0.717) is 0 Å². The second kappa shape index (κ2) is 6.48. The standard InChI is InChI=1S/C14H28/c1-4-6-8-13(7-5-2)14-10-9-12(3)11-14/h12-14H,4-11H2,1-3H3. The molecule has 1 rings (SSSR count). The van der Waals surface area contributed by atoms with E-state index in [9.17, 15) is 0 Å². The normalized spacial score (nSPS) is 29.4. The fourth-order valence-electron chi connectivity index (χ4n) is 3.13. The van der Waals surface area contributed by atoms with Crippen LogP contribution in [0.1, 0.15) is 72.1 Å². The second-order valence-electron chi connectivity index (χ2n) is 5.37. The van der Waals surface area contributed by atoms with E-state index in [1.807, 2.05) is 0 Å². The largest absolute Gasteiger partial charge is 0.0654 e. The third-order valence-corrected chi connectivity index (χ3v) is 3.99. The summed E-state index contributed by atoms with van der Waals surface area (Å²) < 4.78 is 0. The Kier molecular flexibility index (Phi) is 5.59. The highest BCUT2D eigenvalue weighted by molar-refractivity contribution is 4.78. The lowest BCUT2D eigenvalue weighted by molar-refractivity contribution is 0.284. The van der Waals surface area contributed by atoms with E-state index >= 15 is 0 Å². The van der Waals surface area contributed by atoms with Crippen LogP contribution in [0.2, 0.25) is 0 Å². The van der Waals surface area contributed by atoms with Crippen molar-refractivity contribution < 1.29 is 0 Å². The molecule has 14 heavy (non-hydrogen) atoms. The molecule has 3 unspecified atom stereocenters. The lowest BCUT2D eigenvalue weighted by atomic mass is 9.83. The van der Waals surface area contributed by atoms with Crippen molar-refractivity contribution in [1.29, 1.82) is 0 Å². The summed E-state index contributed by atoms with van der Waals surface area (Å²) in [5.41, 5.74) is 0. The molecule has 0 radical (unpaired) electrons. The number of unbranched alkanes of at least 4 members (excludes halogenated alkanes) is 1. The number of rotatable bonds is 6. The van der Waals surface area contributed by atoms with E-state index in [4.69, 9.17) is 0 Å². The zero-order valence-electron chi connectivity index (χ0n) is 10.4. The molecule has 0 aliphatic heterocycles. The molecule has 0 heteroatoms. The van der Waals surface area contributed by atoms with Crippen molar-refractivity contribution in [2.75, 3.05) is 0 Å². The first kappa shape index (κ1) is 12.1. The summed E-state index contributed by atoms with van der Waals surface area (Å²) in [7, 11) is 0. The maximum atomic E-state index is 2.43. The molecule has 0 saturated heterocycles. The first-order chi connectivity index (χ1) is 6.77. The summed E-state index contributed by atoms with van der Waals surface area (Å²) in [6.07, 6.45) is 11.7. The van der Waals surface area contributed by atoms with E-state index < -0.39 is 0 Å². The summed E-state index contributed by atoms with van der Waals surface area (Å²) in [5, 5.41) is 0. The fourth-order valence-corrected chi connectivity index (χ4v) is 3.13. The van der Waals surface area contributed by atoms with Crippen LogP contribution in [0.4, 0.5) is 0 Å². The van der Waals surface area contributed by atoms with Crippen LogP contribution < -0.4 is 0 Å². The zero-order valence-corrected chi connectivity index (χ0v) is 10.4. The van der Waals surface area contributed by atoms with Crippen LogP contribution in [0.3, 0.4) is 0 Å². The highest BCUT2D eigenvalue weighted by Crippen LogP contribution is 2.39. The lowest BCUT2D eigenvalue weighted by Crippen LogP contribution is -2.12. The molecular weight excluding hydrogens is 168 g/mol. The molecule has 1 aliphatic rings. The molecule has 1 aliphatic carbocycles. The van der Waals surface area contributed by atoms with Gasteiger partial charge in [0.15, 0.2) is 0 Å². The quantitative estimate of drug-likeness (QED) is 0.559. The van der Waals surface area contributed by atoms with Gasteiger partial charge in [-0.05, 0) is 30.6 Å². The zero-order chi connectivity index (χ0) is 10.4. The van der Waals surface area contributed by atoms with Gasteiger partial charge in [-0.15, -0.1) is 0 Å². The Balaban J connectivity index is 2.33. The van der Waals surface area contributed by atoms with Gasteiger partial charge in [-0.2, -0.15) is 0 Å². The minimum Gasteiger partial charge on any atom is -0.0654 e. The van der Waals surface area contributed by atoms with Crippen molar-refractivity contribution in [2.24, 2.45) is 17.8 Å². The van der Waals surface area contributed by atoms with Gasteiger partial charge >= 0.3 is 0 Å². The topological polar surface area (TPSA) is 0 Å². The van der Waals surface area contributed by atoms with Crippen LogP contribution in [-0.2, 0) is 0 Å². The maximum Gasteiger partial charge on any atom is -0.0383 e. The Labute approximate surface area is 90.5 Å². The molecule has 1 saturated carbocycles. The lowest BCUT2D eigenvalue weighted by Gasteiger charge is -2.23. The summed E-state index contributed by atoms with van der Waals surface area (Å²) in [6.45, 7) is 7.10. The van der Waals surface area contributed by atoms with Gasteiger partial charge in [-0.3, -0.25) is 0 Å². The molecule has 0 aromatic carbocycles. The van der Waals surface area contributed by atoms with Gasteiger partial charge in [0, 0.05) is 0 Å². The average molecular weight is 196 g/mol. The summed E-state index contributed by atoms with van der Waals surface area (Å²) >= 11 is 0. The van der Waals surface area contributed by atoms with Gasteiger partial charge in [0.25, 0.3) is 0 Å². The van der Waals surface area contributed by atoms with Crippen molar-refractivity contribution >= 4 is 0 Å². The molecule has 0 N–H and O–H groups in total. The van der Waals surface area contributed by atoms with E-state index in [1.54, 1.807) is 0 Å². The molecule has 84 valence electrons. The highest BCUT2D eigenvalue weighted by Gasteiger charge is 2.27. The highest BCUT2D eigenvalue weighted by atomic mass is 14.3. The van der Waals surface area contributed by atoms with Crippen molar-refractivity contribution in [3.05, 3.63) is 0 Å². The smallest absolute Gasteiger partial charge is 0.0383 e. The van der Waals surface area contributed by atoms with E-state index in [-0.39, 0.29) is 0 Å². The number of hydrogen-bond acceptors (Lipinski definition) is 0. The van der Waals surface area contributed by atoms with Crippen LogP contribution in [0.5, 0.6) is 0 Å². The van der Waals surface area contributed by atoms with E-state index in [2.05, 4.69) is 20.8 Å². The molecule has 0 aromatic rings. The van der Waals surface area contributed by atoms with Gasteiger partial charge in [-0.25, -0.2) is 0 Å². The second-order valence-corrected chi connectivity index (χ2v) is 5.37. The Bertz CT molecular complexity index is 139. The van der Waals surface area contributed by atoms with Crippen LogP contribution >= 0.6 is 0 Å². The van der Waals surface area contributed by atoms with Crippen LogP contribution in [0.15, 0.2) is 0 Å². The molecule has 0 nitrogen and oxygen atoms in total. The third kappa shape index (κ3) is 3.63. The van der Waals surface area contributed by atoms with Crippen molar-refractivity contribution in [2.45, 2.75) is 72.1 Å². The number of hydrogen-bond donors (Lipinski definition) is 0. The van der Waals surface area contributed by atoms with Crippen molar-refractivity contribution in [1.82, 2.24) is 0 Å². The van der Waals surface area contributed by atoms with E-state index in [0.717, 1.165) is 17.8 Å². The Morgan fingerprint density at radius 3 is 2.36 bits per heavy atom. The first-order valence-electron chi connectivity index (χ1n) is 6.77. The van der Waals surface area contributed by atoms with Crippen LogP contribution in [-0.4, -0.2) is 0 Å². The minimum atomic E-state index is 1.01. The van der Waals surface area contributed by atoms with Gasteiger partial charge in [0.2, 0.25) is 0 Å². The monoisotopic (exact) mass is 196 g/mol. The van der Waals surface area contributed by atoms with E-state index in [1.165, 1.54) is 51.4 Å². The first-order valence-corrected chi connectivity index (χ1v) is 6.77. The molecule has 3 atom stereocenters.